The highest BCUT2D eigenvalue weighted by molar-refractivity contribution is 6.30. The van der Waals surface area contributed by atoms with Gasteiger partial charge in [0.05, 0.1) is 12.1 Å². The van der Waals surface area contributed by atoms with Crippen LogP contribution in [0.15, 0.2) is 30.3 Å². The molecule has 0 saturated carbocycles. The van der Waals surface area contributed by atoms with Crippen LogP contribution in [0.3, 0.4) is 0 Å². The van der Waals surface area contributed by atoms with Crippen LogP contribution in [0.2, 0.25) is 5.02 Å². The molecular weight excluding hydrogens is 262 g/mol. The number of carbonyl (C=O) groups is 1. The summed E-state index contributed by atoms with van der Waals surface area (Å²) in [4.78, 5) is 11.9. The first kappa shape index (κ1) is 13.6. The molecule has 2 aromatic rings. The second-order valence-corrected chi connectivity index (χ2v) is 4.79. The Morgan fingerprint density at radius 2 is 2.21 bits per heavy atom. The van der Waals surface area contributed by atoms with Gasteiger partial charge in [0.1, 0.15) is 5.82 Å². The van der Waals surface area contributed by atoms with Gasteiger partial charge in [-0.15, -0.1) is 0 Å². The third kappa shape index (κ3) is 3.58. The molecule has 0 bridgehead atoms. The Morgan fingerprint density at radius 3 is 2.84 bits per heavy atom. The molecule has 0 aliphatic rings. The van der Waals surface area contributed by atoms with Gasteiger partial charge < -0.3 is 5.32 Å². The minimum absolute atomic E-state index is 0.0760. The third-order valence-corrected chi connectivity index (χ3v) is 3.05. The molecular formula is C14H16ClN3O. The first-order chi connectivity index (χ1) is 9.08. The number of halogens is 1. The monoisotopic (exact) mass is 277 g/mol. The lowest BCUT2D eigenvalue weighted by Crippen LogP contribution is -2.16. The Labute approximate surface area is 117 Å². The lowest BCUT2D eigenvalue weighted by molar-refractivity contribution is -0.115. The van der Waals surface area contributed by atoms with Crippen molar-refractivity contribution in [1.82, 2.24) is 9.78 Å². The largest absolute Gasteiger partial charge is 0.311 e. The van der Waals surface area contributed by atoms with Crippen LogP contribution in [0, 0.1) is 0 Å². The van der Waals surface area contributed by atoms with Crippen molar-refractivity contribution in [2.75, 3.05) is 5.32 Å². The van der Waals surface area contributed by atoms with Crippen molar-refractivity contribution in [3.63, 3.8) is 0 Å². The van der Waals surface area contributed by atoms with Crippen molar-refractivity contribution in [3.05, 3.63) is 46.6 Å². The number of nitrogens with zero attached hydrogens (tertiary/aromatic N) is 2. The average molecular weight is 278 g/mol. The van der Waals surface area contributed by atoms with E-state index in [0.29, 0.717) is 17.3 Å². The molecule has 0 atom stereocenters. The van der Waals surface area contributed by atoms with E-state index in [1.54, 1.807) is 16.8 Å². The van der Waals surface area contributed by atoms with Crippen LogP contribution in [0.5, 0.6) is 0 Å². The number of carbonyl (C=O) groups excluding carboxylic acids is 1. The molecule has 0 fully saturated rings. The molecule has 1 aromatic heterocycles. The summed E-state index contributed by atoms with van der Waals surface area (Å²) >= 11 is 5.89. The van der Waals surface area contributed by atoms with Gasteiger partial charge >= 0.3 is 0 Å². The van der Waals surface area contributed by atoms with Crippen molar-refractivity contribution in [3.8, 4) is 0 Å². The van der Waals surface area contributed by atoms with Gasteiger partial charge in [0.2, 0.25) is 5.91 Å². The fourth-order valence-corrected chi connectivity index (χ4v) is 2.05. The van der Waals surface area contributed by atoms with E-state index in [0.717, 1.165) is 17.7 Å². The number of rotatable bonds is 4. The van der Waals surface area contributed by atoms with Crippen LogP contribution in [0.4, 0.5) is 5.82 Å². The van der Waals surface area contributed by atoms with E-state index in [1.165, 1.54) is 0 Å². The van der Waals surface area contributed by atoms with Gasteiger partial charge in [-0.25, -0.2) is 0 Å². The van der Waals surface area contributed by atoms with E-state index in [1.807, 2.05) is 32.2 Å². The number of benzene rings is 1. The normalized spacial score (nSPS) is 10.5. The molecule has 0 saturated heterocycles. The molecule has 0 aliphatic heterocycles. The van der Waals surface area contributed by atoms with E-state index in [-0.39, 0.29) is 5.91 Å². The molecule has 0 spiro atoms. The standard InChI is InChI=1S/C14H16ClN3O/c1-3-12-9-13(18(2)17-12)16-14(19)8-10-5-4-6-11(15)7-10/h4-7,9H,3,8H2,1-2H3,(H,16,19). The molecule has 100 valence electrons. The van der Waals surface area contributed by atoms with Crippen LogP contribution in [-0.4, -0.2) is 15.7 Å². The Balaban J connectivity index is 2.03. The Bertz CT molecular complexity index is 592. The Hall–Kier alpha value is -1.81. The zero-order valence-electron chi connectivity index (χ0n) is 11.0. The maximum Gasteiger partial charge on any atom is 0.229 e. The molecule has 0 radical (unpaired) electrons. The quantitative estimate of drug-likeness (QED) is 0.934. The van der Waals surface area contributed by atoms with E-state index in [9.17, 15) is 4.79 Å². The molecule has 1 amide bonds. The van der Waals surface area contributed by atoms with Gasteiger partial charge in [-0.2, -0.15) is 5.10 Å². The van der Waals surface area contributed by atoms with E-state index in [4.69, 9.17) is 11.6 Å². The number of hydrogen-bond donors (Lipinski definition) is 1. The predicted octanol–water partition coefficient (Wildman–Crippen LogP) is 2.82. The first-order valence-electron chi connectivity index (χ1n) is 6.15. The van der Waals surface area contributed by atoms with Gasteiger partial charge in [-0.1, -0.05) is 30.7 Å². The fraction of sp³-hybridized carbons (Fsp3) is 0.286. The fourth-order valence-electron chi connectivity index (χ4n) is 1.84. The average Bonchev–Trinajstić information content (AvgIpc) is 2.70. The predicted molar refractivity (Wildman–Crippen MR) is 76.4 cm³/mol. The maximum atomic E-state index is 11.9. The molecule has 2 rings (SSSR count). The first-order valence-corrected chi connectivity index (χ1v) is 6.53. The zero-order chi connectivity index (χ0) is 13.8. The molecule has 5 heteroatoms. The summed E-state index contributed by atoms with van der Waals surface area (Å²) in [5, 5.41) is 7.77. The summed E-state index contributed by atoms with van der Waals surface area (Å²) in [6.45, 7) is 2.03. The molecule has 0 aliphatic carbocycles. The van der Waals surface area contributed by atoms with E-state index in [2.05, 4.69) is 10.4 Å². The Kier molecular flexibility index (Phi) is 4.22. The van der Waals surface area contributed by atoms with Gasteiger partial charge in [0.25, 0.3) is 0 Å². The second kappa shape index (κ2) is 5.89. The number of anilines is 1. The summed E-state index contributed by atoms with van der Waals surface area (Å²) in [5.74, 6) is 0.636. The number of nitrogens with one attached hydrogen (secondary N) is 1. The maximum absolute atomic E-state index is 11.9. The summed E-state index contributed by atoms with van der Waals surface area (Å²) in [5.41, 5.74) is 1.85. The summed E-state index contributed by atoms with van der Waals surface area (Å²) in [6.07, 6.45) is 1.14. The van der Waals surface area contributed by atoms with Crippen molar-refractivity contribution >= 4 is 23.3 Å². The summed E-state index contributed by atoms with van der Waals surface area (Å²) < 4.78 is 1.68. The summed E-state index contributed by atoms with van der Waals surface area (Å²) in [7, 11) is 1.81. The highest BCUT2D eigenvalue weighted by Gasteiger charge is 2.08. The Morgan fingerprint density at radius 1 is 1.42 bits per heavy atom. The molecule has 4 nitrogen and oxygen atoms in total. The SMILES string of the molecule is CCc1cc(NC(=O)Cc2cccc(Cl)c2)n(C)n1. The van der Waals surface area contributed by atoms with E-state index >= 15 is 0 Å². The minimum Gasteiger partial charge on any atom is -0.311 e. The van der Waals surface area contributed by atoms with Crippen molar-refractivity contribution in [1.29, 1.82) is 0 Å². The number of amides is 1. The highest BCUT2D eigenvalue weighted by Crippen LogP contribution is 2.13. The van der Waals surface area contributed by atoms with Crippen LogP contribution in [0.25, 0.3) is 0 Å². The molecule has 1 aromatic carbocycles. The van der Waals surface area contributed by atoms with Crippen LogP contribution in [0.1, 0.15) is 18.2 Å². The zero-order valence-corrected chi connectivity index (χ0v) is 11.7. The van der Waals surface area contributed by atoms with Crippen molar-refractivity contribution in [2.45, 2.75) is 19.8 Å². The van der Waals surface area contributed by atoms with Gasteiger partial charge in [-0.05, 0) is 24.1 Å². The highest BCUT2D eigenvalue weighted by atomic mass is 35.5. The van der Waals surface area contributed by atoms with Crippen LogP contribution in [-0.2, 0) is 24.7 Å². The third-order valence-electron chi connectivity index (χ3n) is 2.81. The van der Waals surface area contributed by atoms with Crippen molar-refractivity contribution < 1.29 is 4.79 Å². The molecule has 0 unspecified atom stereocenters. The smallest absolute Gasteiger partial charge is 0.229 e. The van der Waals surface area contributed by atoms with Crippen LogP contribution >= 0.6 is 11.6 Å². The number of aryl methyl sites for hydroxylation is 2. The molecule has 1 N–H and O–H groups in total. The molecule has 19 heavy (non-hydrogen) atoms. The second-order valence-electron chi connectivity index (χ2n) is 4.35. The number of hydrogen-bond acceptors (Lipinski definition) is 2. The van der Waals surface area contributed by atoms with Gasteiger partial charge in [0, 0.05) is 18.1 Å². The van der Waals surface area contributed by atoms with Crippen molar-refractivity contribution in [2.24, 2.45) is 7.05 Å². The molecule has 1 heterocycles. The van der Waals surface area contributed by atoms with Gasteiger partial charge in [0.15, 0.2) is 0 Å². The summed E-state index contributed by atoms with van der Waals surface area (Å²) in [6, 6.07) is 9.19. The topological polar surface area (TPSA) is 46.9 Å². The number of aromatic nitrogens is 2. The lowest BCUT2D eigenvalue weighted by atomic mass is 10.1. The lowest BCUT2D eigenvalue weighted by Gasteiger charge is -2.05. The van der Waals surface area contributed by atoms with Crippen LogP contribution < -0.4 is 5.32 Å². The van der Waals surface area contributed by atoms with E-state index < -0.39 is 0 Å². The van der Waals surface area contributed by atoms with Gasteiger partial charge in [-0.3, -0.25) is 9.48 Å². The minimum atomic E-state index is -0.0760.